The van der Waals surface area contributed by atoms with E-state index in [0.717, 1.165) is 91.1 Å². The molecule has 76 heavy (non-hydrogen) atoms. The average molecular weight is 1030 g/mol. The lowest BCUT2D eigenvalue weighted by atomic mass is 9.84. The second-order valence-electron chi connectivity index (χ2n) is 21.3. The lowest BCUT2D eigenvalue weighted by Crippen LogP contribution is -2.51. The summed E-state index contributed by atoms with van der Waals surface area (Å²) in [7, 11) is 0. The van der Waals surface area contributed by atoms with Crippen LogP contribution in [0.15, 0.2) is 122 Å². The molecule has 0 spiro atoms. The number of aromatic amines is 2. The Bertz CT molecular complexity index is 2800. The summed E-state index contributed by atoms with van der Waals surface area (Å²) < 4.78 is 10.3. The maximum absolute atomic E-state index is 13.9. The molecule has 2 fully saturated rings. The fourth-order valence-corrected chi connectivity index (χ4v) is 10.6. The van der Waals surface area contributed by atoms with Crippen molar-refractivity contribution < 1.29 is 28.7 Å². The molecule has 7 rings (SSSR count). The maximum Gasteiger partial charge on any atom is 0.408 e. The van der Waals surface area contributed by atoms with Gasteiger partial charge in [0, 0.05) is 13.1 Å². The Hall–Kier alpha value is -7.22. The summed E-state index contributed by atoms with van der Waals surface area (Å²) >= 11 is 0. The Morgan fingerprint density at radius 3 is 1.67 bits per heavy atom. The van der Waals surface area contributed by atoms with Crippen LogP contribution in [0.25, 0.3) is 33.7 Å². The second-order valence-corrected chi connectivity index (χ2v) is 21.3. The number of imidazole rings is 2. The summed E-state index contributed by atoms with van der Waals surface area (Å²) in [6.45, 7) is 25.2. The smallest absolute Gasteiger partial charge is 0.408 e. The van der Waals surface area contributed by atoms with Crippen LogP contribution in [0.5, 0.6) is 0 Å². The van der Waals surface area contributed by atoms with Crippen LogP contribution in [0, 0.1) is 23.7 Å². The number of likely N-dealkylation sites (tertiary alicyclic amines) is 2. The first-order chi connectivity index (χ1) is 36.6. The van der Waals surface area contributed by atoms with Gasteiger partial charge in [0.1, 0.15) is 36.9 Å². The monoisotopic (exact) mass is 1030 g/mol. The first kappa shape index (κ1) is 56.5. The van der Waals surface area contributed by atoms with Gasteiger partial charge in [-0.05, 0) is 128 Å². The van der Waals surface area contributed by atoms with Gasteiger partial charge in [-0.15, -0.1) is 0 Å². The molecule has 4 aromatic rings. The topological polar surface area (TPSA) is 175 Å². The van der Waals surface area contributed by atoms with E-state index in [1.54, 1.807) is 0 Å². The van der Waals surface area contributed by atoms with Gasteiger partial charge in [-0.3, -0.25) is 9.59 Å². The van der Waals surface area contributed by atoms with Crippen molar-refractivity contribution in [3.63, 3.8) is 0 Å². The molecule has 2 aliphatic heterocycles. The second kappa shape index (κ2) is 26.5. The number of rotatable bonds is 16. The SMILES string of the molecule is C=CCOC(=O)N[C@H](C(=O)N1CCC[C@H]1c1ncc(-c2ccc(/C3=C/C(=C\C)CCC(=C(/C)c4ccc(-c5cnc([C@@H]6CCCN6C(=O)[C@@H](NC(=O)OCC=C)C(C)C)[nH]5)cc4)/C=C\[C@H](C)CC[C@H]3C)cc2)[nH]1)C(C)C. The number of amides is 4. The van der Waals surface area contributed by atoms with Crippen molar-refractivity contribution in [2.45, 2.75) is 131 Å². The molecule has 4 N–H and O–H groups in total. The van der Waals surface area contributed by atoms with Crippen molar-refractivity contribution in [2.75, 3.05) is 26.3 Å². The van der Waals surface area contributed by atoms with Crippen molar-refractivity contribution in [1.82, 2.24) is 40.4 Å². The minimum absolute atomic E-state index is 0.0711. The number of nitrogens with one attached hydrogen (secondary N) is 4. The van der Waals surface area contributed by atoms with Crippen LogP contribution < -0.4 is 10.6 Å². The highest BCUT2D eigenvalue weighted by Gasteiger charge is 2.39. The van der Waals surface area contributed by atoms with Gasteiger partial charge in [-0.25, -0.2) is 19.6 Å². The zero-order valence-corrected chi connectivity index (χ0v) is 46.0. The van der Waals surface area contributed by atoms with Crippen molar-refractivity contribution in [3.8, 4) is 22.5 Å². The van der Waals surface area contributed by atoms with Crippen molar-refractivity contribution in [1.29, 1.82) is 0 Å². The third kappa shape index (κ3) is 14.0. The number of hydrogen-bond acceptors (Lipinski definition) is 8. The highest BCUT2D eigenvalue weighted by atomic mass is 16.6. The highest BCUT2D eigenvalue weighted by molar-refractivity contribution is 5.87. The Labute approximate surface area is 450 Å². The van der Waals surface area contributed by atoms with Gasteiger partial charge in [-0.2, -0.15) is 0 Å². The number of ether oxygens (including phenoxy) is 2. The zero-order valence-electron chi connectivity index (χ0n) is 46.0. The molecule has 2 aromatic heterocycles. The van der Waals surface area contributed by atoms with Crippen molar-refractivity contribution in [2.24, 2.45) is 23.7 Å². The van der Waals surface area contributed by atoms with E-state index >= 15 is 0 Å². The predicted molar refractivity (Wildman–Crippen MR) is 302 cm³/mol. The van der Waals surface area contributed by atoms with Gasteiger partial charge in [-0.1, -0.05) is 145 Å². The van der Waals surface area contributed by atoms with Crippen molar-refractivity contribution >= 4 is 35.1 Å². The van der Waals surface area contributed by atoms with Gasteiger partial charge < -0.3 is 39.9 Å². The number of carbonyl (C=O) groups excluding carboxylic acids is 4. The van der Waals surface area contributed by atoms with E-state index in [9.17, 15) is 19.2 Å². The minimum atomic E-state index is -0.720. The number of hydrogen-bond donors (Lipinski definition) is 4. The molecule has 6 atom stereocenters. The fraction of sp³-hybridized carbons (Fsp3) is 0.452. The molecule has 0 saturated carbocycles. The summed E-state index contributed by atoms with van der Waals surface area (Å²) in [5.41, 5.74) is 11.3. The van der Waals surface area contributed by atoms with Crippen LogP contribution >= 0.6 is 0 Å². The first-order valence-electron chi connectivity index (χ1n) is 27.4. The molecule has 0 unspecified atom stereocenters. The Balaban J connectivity index is 1.03. The van der Waals surface area contributed by atoms with E-state index in [4.69, 9.17) is 19.4 Å². The molecule has 14 nitrogen and oxygen atoms in total. The molecule has 4 amide bonds. The maximum atomic E-state index is 13.9. The van der Waals surface area contributed by atoms with E-state index in [1.807, 2.05) is 49.9 Å². The van der Waals surface area contributed by atoms with E-state index in [0.29, 0.717) is 24.9 Å². The zero-order chi connectivity index (χ0) is 54.5. The molecule has 0 bridgehead atoms. The normalized spacial score (nSPS) is 22.4. The van der Waals surface area contributed by atoms with Crippen LogP contribution in [0.3, 0.4) is 0 Å². The largest absolute Gasteiger partial charge is 0.445 e. The number of H-pyrrole nitrogens is 2. The number of alkyl carbamates (subject to hydrolysis) is 2. The van der Waals surface area contributed by atoms with Gasteiger partial charge in [0.2, 0.25) is 11.8 Å². The molecule has 3 aliphatic rings. The van der Waals surface area contributed by atoms with Crippen LogP contribution in [0.2, 0.25) is 0 Å². The van der Waals surface area contributed by atoms with Gasteiger partial charge in [0.05, 0.1) is 35.9 Å². The molecule has 404 valence electrons. The van der Waals surface area contributed by atoms with Crippen LogP contribution in [-0.2, 0) is 19.1 Å². The molecule has 2 aromatic carbocycles. The predicted octanol–water partition coefficient (Wildman–Crippen LogP) is 12.9. The van der Waals surface area contributed by atoms with Crippen LogP contribution in [0.4, 0.5) is 9.59 Å². The Kier molecular flexibility index (Phi) is 19.7. The summed E-state index contributed by atoms with van der Waals surface area (Å²) in [6.07, 6.45) is 21.9. The fourth-order valence-electron chi connectivity index (χ4n) is 10.6. The molecular weight excluding hydrogens is 953 g/mol. The standard InChI is InChI=1S/C62H80N8O6/c1-11-34-75-61(73)67-55(39(4)5)59(71)69-32-14-16-53(69)57-63-37-51(65-57)48-28-24-46(25-29-48)43(10)45-22-19-41(8)18-20-42(9)50(36-44(13-3)21-23-45)47-26-30-49(31-27-47)52-38-64-58(66-52)54-17-15-33-70(54)60(72)56(40(6)7)68-62(74)76-35-12-2/h11-13,19,22,24-31,36-42,53-56H,1-2,14-18,20-21,23,32-35H2,3-10H3,(H,63,65)(H,64,66)(H,67,73)(H,68,74)/b22-19-,44-13-,45-43-,50-36+/t41-,42-,53+,54+,55+,56+/m1/s1. The first-order valence-corrected chi connectivity index (χ1v) is 27.4. The summed E-state index contributed by atoms with van der Waals surface area (Å²) in [5.74, 6) is 1.67. The van der Waals surface area contributed by atoms with Gasteiger partial charge >= 0.3 is 12.2 Å². The Morgan fingerprint density at radius 1 is 0.711 bits per heavy atom. The lowest BCUT2D eigenvalue weighted by molar-refractivity contribution is -0.136. The Morgan fingerprint density at radius 2 is 1.20 bits per heavy atom. The quantitative estimate of drug-likeness (QED) is 0.0802. The van der Waals surface area contributed by atoms with E-state index in [1.165, 1.54) is 40.0 Å². The summed E-state index contributed by atoms with van der Waals surface area (Å²) in [4.78, 5) is 72.9. The number of carbonyl (C=O) groups is 4. The summed E-state index contributed by atoms with van der Waals surface area (Å²) in [6, 6.07) is 15.5. The van der Waals surface area contributed by atoms with Crippen molar-refractivity contribution in [3.05, 3.63) is 144 Å². The van der Waals surface area contributed by atoms with Gasteiger partial charge in [0.15, 0.2) is 0 Å². The lowest BCUT2D eigenvalue weighted by Gasteiger charge is -2.30. The number of allylic oxidation sites excluding steroid dienone is 8. The molecule has 4 heterocycles. The summed E-state index contributed by atoms with van der Waals surface area (Å²) in [5, 5.41) is 5.53. The number of aromatic nitrogens is 4. The third-order valence-electron chi connectivity index (χ3n) is 15.2. The minimum Gasteiger partial charge on any atom is -0.445 e. The number of nitrogens with zero attached hydrogens (tertiary/aromatic N) is 4. The van der Waals surface area contributed by atoms with E-state index < -0.39 is 24.3 Å². The molecule has 14 heteroatoms. The molecular formula is C62H80N8O6. The van der Waals surface area contributed by atoms with E-state index in [-0.39, 0.29) is 48.9 Å². The number of benzene rings is 2. The van der Waals surface area contributed by atoms with E-state index in [2.05, 4.69) is 134 Å². The average Bonchev–Trinajstić information content (AvgIpc) is 4.28. The van der Waals surface area contributed by atoms with Crippen LogP contribution in [0.1, 0.15) is 142 Å². The third-order valence-corrected chi connectivity index (χ3v) is 15.2. The van der Waals surface area contributed by atoms with Gasteiger partial charge in [0.25, 0.3) is 0 Å². The molecule has 1 aliphatic carbocycles. The van der Waals surface area contributed by atoms with Crippen LogP contribution in [-0.4, -0.2) is 92.1 Å². The molecule has 0 radical (unpaired) electrons. The highest BCUT2D eigenvalue weighted by Crippen LogP contribution is 2.37. The molecule has 2 saturated heterocycles.